The topological polar surface area (TPSA) is 269 Å². The normalized spacial score (nSPS) is 49.2. The molecule has 0 aliphatic carbocycles. The van der Waals surface area contributed by atoms with Crippen LogP contribution in [0.1, 0.15) is 32.6 Å². The van der Waals surface area contributed by atoms with Gasteiger partial charge in [0.1, 0.15) is 73.2 Å². The lowest BCUT2D eigenvalue weighted by Gasteiger charge is -2.52. The van der Waals surface area contributed by atoms with Crippen LogP contribution in [0.25, 0.3) is 0 Å². The Kier molecular flexibility index (Phi) is 11.8. The Morgan fingerprint density at radius 3 is 1.82 bits per heavy atom. The van der Waals surface area contributed by atoms with E-state index in [0.29, 0.717) is 12.8 Å². The summed E-state index contributed by atoms with van der Waals surface area (Å²) in [5, 5.41) is 113. The van der Waals surface area contributed by atoms with E-state index in [-0.39, 0.29) is 6.42 Å². The number of aliphatic hydroxyl groups is 11. The molecule has 0 amide bonds. The van der Waals surface area contributed by atoms with Gasteiger partial charge in [-0.15, -0.1) is 0 Å². The van der Waals surface area contributed by atoms with E-state index in [2.05, 4.69) is 0 Å². The monoisotopic (exact) mass is 574 g/mol. The lowest BCUT2D eigenvalue weighted by molar-refractivity contribution is -0.411. The zero-order valence-electron chi connectivity index (χ0n) is 21.5. The van der Waals surface area contributed by atoms with Gasteiger partial charge in [0.25, 0.3) is 0 Å². The number of unbranched alkanes of at least 4 members (excludes halogenated alkanes) is 2. The van der Waals surface area contributed by atoms with Crippen LogP contribution in [0.5, 0.6) is 0 Å². The lowest BCUT2D eigenvalue weighted by atomic mass is 9.88. The van der Waals surface area contributed by atoms with E-state index >= 15 is 0 Å². The third-order valence-electron chi connectivity index (χ3n) is 7.45. The maximum atomic E-state index is 11.0. The third-order valence-corrected chi connectivity index (χ3v) is 7.45. The molecule has 0 aromatic carbocycles. The van der Waals surface area contributed by atoms with E-state index in [1.165, 1.54) is 0 Å². The van der Waals surface area contributed by atoms with Gasteiger partial charge in [-0.1, -0.05) is 19.8 Å². The summed E-state index contributed by atoms with van der Waals surface area (Å²) < 4.78 is 27.8. The van der Waals surface area contributed by atoms with Crippen molar-refractivity contribution in [1.29, 1.82) is 0 Å². The molecule has 39 heavy (non-hydrogen) atoms. The summed E-state index contributed by atoms with van der Waals surface area (Å²) in [6.45, 7) is -0.415. The van der Waals surface area contributed by atoms with Gasteiger partial charge in [0.2, 0.25) is 0 Å². The summed E-state index contributed by atoms with van der Waals surface area (Å²) in [4.78, 5) is 0. The van der Waals surface area contributed by atoms with E-state index in [1.54, 1.807) is 0 Å². The first-order chi connectivity index (χ1) is 18.5. The molecule has 230 valence electrons. The maximum absolute atomic E-state index is 11.0. The van der Waals surface area contributed by atoms with Crippen LogP contribution in [0.2, 0.25) is 0 Å². The molecule has 0 aromatic rings. The van der Waals surface area contributed by atoms with Gasteiger partial charge in [0, 0.05) is 6.42 Å². The number of hydrogen-bond donors (Lipinski definition) is 11. The van der Waals surface area contributed by atoms with Gasteiger partial charge in [0.05, 0.1) is 19.8 Å². The Morgan fingerprint density at radius 1 is 0.641 bits per heavy atom. The molecule has 15 atom stereocenters. The highest BCUT2D eigenvalue weighted by Gasteiger charge is 2.58. The van der Waals surface area contributed by atoms with E-state index in [4.69, 9.17) is 23.7 Å². The highest BCUT2D eigenvalue weighted by molar-refractivity contribution is 5.00. The first kappa shape index (κ1) is 32.9. The highest BCUT2D eigenvalue weighted by Crippen LogP contribution is 2.39. The van der Waals surface area contributed by atoms with Gasteiger partial charge >= 0.3 is 0 Å². The summed E-state index contributed by atoms with van der Waals surface area (Å²) >= 11 is 0. The van der Waals surface area contributed by atoms with Crippen molar-refractivity contribution >= 4 is 0 Å². The number of rotatable bonds is 11. The van der Waals surface area contributed by atoms with Crippen molar-refractivity contribution in [3.8, 4) is 0 Å². The Labute approximate surface area is 224 Å². The maximum Gasteiger partial charge on any atom is 0.198 e. The molecule has 16 heteroatoms. The van der Waals surface area contributed by atoms with Crippen LogP contribution in [0, 0.1) is 0 Å². The van der Waals surface area contributed by atoms with Gasteiger partial charge in [-0.2, -0.15) is 0 Å². The van der Waals surface area contributed by atoms with Crippen LogP contribution < -0.4 is 0 Å². The smallest absolute Gasteiger partial charge is 0.198 e. The fourth-order valence-corrected chi connectivity index (χ4v) is 5.12. The van der Waals surface area contributed by atoms with Crippen LogP contribution in [0.15, 0.2) is 0 Å². The van der Waals surface area contributed by atoms with Crippen molar-refractivity contribution < 1.29 is 79.9 Å². The lowest BCUT2D eigenvalue weighted by Crippen LogP contribution is -2.70. The number of ether oxygens (including phenoxy) is 5. The second-order valence-electron chi connectivity index (χ2n) is 10.2. The molecule has 2 unspecified atom stereocenters. The molecule has 3 aliphatic rings. The second-order valence-corrected chi connectivity index (χ2v) is 10.2. The van der Waals surface area contributed by atoms with Crippen LogP contribution in [0.3, 0.4) is 0 Å². The molecule has 11 N–H and O–H groups in total. The average Bonchev–Trinajstić information content (AvgIpc) is 2.93. The Balaban J connectivity index is 1.83. The molecular weight excluding hydrogens is 532 g/mol. The number of aliphatic hydroxyl groups excluding tert-OH is 11. The zero-order valence-corrected chi connectivity index (χ0v) is 21.5. The highest BCUT2D eigenvalue weighted by atomic mass is 16.8. The number of hydrogen-bond acceptors (Lipinski definition) is 16. The fourth-order valence-electron chi connectivity index (χ4n) is 5.12. The minimum atomic E-state index is -2.09. The minimum Gasteiger partial charge on any atom is -0.394 e. The summed E-state index contributed by atoms with van der Waals surface area (Å²) in [6.07, 6.45) is -21.9. The largest absolute Gasteiger partial charge is 0.394 e. The summed E-state index contributed by atoms with van der Waals surface area (Å²) in [6, 6.07) is 0. The summed E-state index contributed by atoms with van der Waals surface area (Å²) in [5.41, 5.74) is 0. The molecular formula is C23H42O16. The molecule has 3 saturated heterocycles. The summed E-state index contributed by atoms with van der Waals surface area (Å²) in [7, 11) is 0. The SMILES string of the molecule is CCCCCC1(O[C@H]2[C@H](O)[C@@H](O)C(O[C@H]3[C@H](O)[C@@H](O)[C@@H](O)O[C@@H]3CO)O[C@@H]2CO)O[C@H](CO)[C@@H](O)[C@H](O)[C@H]1O. The fraction of sp³-hybridized carbons (Fsp3) is 1.00. The molecule has 3 rings (SSSR count). The van der Waals surface area contributed by atoms with Gasteiger partial charge in [-0.25, -0.2) is 0 Å². The van der Waals surface area contributed by atoms with Gasteiger partial charge in [-0.3, -0.25) is 0 Å². The molecule has 0 radical (unpaired) electrons. The van der Waals surface area contributed by atoms with Crippen LogP contribution in [-0.2, 0) is 23.7 Å². The first-order valence-corrected chi connectivity index (χ1v) is 13.0. The molecule has 0 bridgehead atoms. The predicted octanol–water partition coefficient (Wildman–Crippen LogP) is -5.62. The van der Waals surface area contributed by atoms with Crippen molar-refractivity contribution in [2.75, 3.05) is 19.8 Å². The molecule has 3 heterocycles. The molecule has 0 aromatic heterocycles. The van der Waals surface area contributed by atoms with E-state index < -0.39 is 111 Å². The van der Waals surface area contributed by atoms with E-state index in [0.717, 1.165) is 6.42 Å². The van der Waals surface area contributed by atoms with Crippen LogP contribution in [0.4, 0.5) is 0 Å². The molecule has 3 fully saturated rings. The van der Waals surface area contributed by atoms with Gasteiger partial charge < -0.3 is 79.9 Å². The average molecular weight is 575 g/mol. The quantitative estimate of drug-likeness (QED) is 0.103. The Bertz CT molecular complexity index is 741. The van der Waals surface area contributed by atoms with E-state index in [1.807, 2.05) is 6.92 Å². The Morgan fingerprint density at radius 2 is 1.23 bits per heavy atom. The van der Waals surface area contributed by atoms with Crippen molar-refractivity contribution in [2.24, 2.45) is 0 Å². The molecule has 16 nitrogen and oxygen atoms in total. The minimum absolute atomic E-state index is 0.0658. The van der Waals surface area contributed by atoms with Crippen molar-refractivity contribution in [1.82, 2.24) is 0 Å². The summed E-state index contributed by atoms with van der Waals surface area (Å²) in [5.74, 6) is -2.09. The van der Waals surface area contributed by atoms with E-state index in [9.17, 15) is 56.2 Å². The predicted molar refractivity (Wildman–Crippen MR) is 124 cm³/mol. The Hall–Kier alpha value is -0.640. The van der Waals surface area contributed by atoms with Crippen molar-refractivity contribution in [3.63, 3.8) is 0 Å². The van der Waals surface area contributed by atoms with Crippen molar-refractivity contribution in [3.05, 3.63) is 0 Å². The third kappa shape index (κ3) is 6.72. The zero-order chi connectivity index (χ0) is 29.1. The second kappa shape index (κ2) is 14.0. The van der Waals surface area contributed by atoms with Crippen molar-refractivity contribution in [2.45, 2.75) is 124 Å². The molecule has 0 saturated carbocycles. The van der Waals surface area contributed by atoms with Crippen LogP contribution >= 0.6 is 0 Å². The molecule has 3 aliphatic heterocycles. The molecule has 0 spiro atoms. The van der Waals surface area contributed by atoms with Gasteiger partial charge in [0.15, 0.2) is 18.4 Å². The standard InChI is InChI=1S/C23H42O16/c1-2-3-4-5-23(20(33)15(30)12(27)9(6-24)38-23)39-19-11(8-26)36-22(17(32)14(19)29)37-18-10(7-25)35-21(34)16(31)13(18)28/h9-22,24-34H,2-8H2,1H3/t9-,10-,11-,12-,13-,14-,15+,16-,17-,18-,19-,20-,21+,22?,23?/m1/s1. The van der Waals surface area contributed by atoms with Crippen LogP contribution in [-0.4, -0.2) is 168 Å². The first-order valence-electron chi connectivity index (χ1n) is 13.0. The van der Waals surface area contributed by atoms with Gasteiger partial charge in [-0.05, 0) is 6.42 Å².